The highest BCUT2D eigenvalue weighted by molar-refractivity contribution is 9.10. The molecule has 5 nitrogen and oxygen atoms in total. The van der Waals surface area contributed by atoms with Crippen LogP contribution in [0.1, 0.15) is 168 Å². The van der Waals surface area contributed by atoms with Gasteiger partial charge in [-0.25, -0.2) is 0 Å². The molecule has 1 heterocycles. The fourth-order valence-corrected chi connectivity index (χ4v) is 13.7. The number of ether oxygens (including phenoxy) is 4. The molecule has 0 spiro atoms. The molecule has 424 valence electrons. The lowest BCUT2D eigenvalue weighted by Gasteiger charge is -2.38. The Hall–Kier alpha value is -6.84. The van der Waals surface area contributed by atoms with Gasteiger partial charge in [-0.05, 0) is 190 Å². The van der Waals surface area contributed by atoms with Crippen molar-refractivity contribution in [1.82, 2.24) is 0 Å². The van der Waals surface area contributed by atoms with Gasteiger partial charge in [-0.2, -0.15) is 13.2 Å². The van der Waals surface area contributed by atoms with E-state index in [-0.39, 0.29) is 12.4 Å². The van der Waals surface area contributed by atoms with Crippen molar-refractivity contribution in [2.45, 2.75) is 148 Å². The van der Waals surface area contributed by atoms with Gasteiger partial charge >= 0.3 is 12.1 Å². The molecule has 2 aliphatic carbocycles. The van der Waals surface area contributed by atoms with Crippen LogP contribution < -0.4 is 18.9 Å². The van der Waals surface area contributed by atoms with E-state index in [2.05, 4.69) is 110 Å². The van der Waals surface area contributed by atoms with E-state index >= 15 is 0 Å². The lowest BCUT2D eigenvalue weighted by atomic mass is 9.76. The number of alkyl halides is 3. The van der Waals surface area contributed by atoms with Crippen LogP contribution in [0.15, 0.2) is 150 Å². The van der Waals surface area contributed by atoms with Crippen molar-refractivity contribution in [3.63, 3.8) is 0 Å². The fourth-order valence-electron chi connectivity index (χ4n) is 13.1. The second kappa shape index (κ2) is 24.2. The van der Waals surface area contributed by atoms with E-state index in [0.29, 0.717) is 52.5 Å². The predicted octanol–water partition coefficient (Wildman–Crippen LogP) is 21.0. The summed E-state index contributed by atoms with van der Waals surface area (Å²) < 4.78 is 70.3. The number of aryl methyl sites for hydroxylation is 1. The zero-order valence-electron chi connectivity index (χ0n) is 48.0. The molecule has 0 saturated heterocycles. The lowest BCUT2D eigenvalue weighted by molar-refractivity contribution is -0.137. The molecule has 1 unspecified atom stereocenters. The fraction of sp³-hybridized carbons (Fsp3) is 0.356. The minimum Gasteiger partial charge on any atom is -0.494 e. The highest BCUT2D eigenvalue weighted by Gasteiger charge is 2.46. The molecule has 1 aliphatic heterocycles. The highest BCUT2D eigenvalue weighted by Crippen LogP contribution is 2.60. The summed E-state index contributed by atoms with van der Waals surface area (Å²) in [7, 11) is 0. The summed E-state index contributed by atoms with van der Waals surface area (Å²) >= 11 is 3.92. The topological polar surface area (TPSA) is 54.0 Å². The SMILES string of the molecule is CCCCCC1CCC(c2ccc(-c3ccc(OCCCCCC(=O)Oc4cccc5c4c(Br)cc4c6c(c7c(c45)OC(c4ccc(C)cc4)(c4ccc(OCCCC)cc4)C=C7)C(C)(C)c4cc(C(F)(F)F)ccc4-6)cc3)cc2)CC1. The molecule has 1 saturated carbocycles. The second-order valence-corrected chi connectivity index (χ2v) is 24.4. The predicted molar refractivity (Wildman–Crippen MR) is 331 cm³/mol. The van der Waals surface area contributed by atoms with E-state index in [4.69, 9.17) is 18.9 Å². The van der Waals surface area contributed by atoms with Gasteiger partial charge in [0.1, 0.15) is 23.0 Å². The number of rotatable bonds is 20. The molecule has 82 heavy (non-hydrogen) atoms. The van der Waals surface area contributed by atoms with E-state index in [1.54, 1.807) is 6.07 Å². The quantitative estimate of drug-likeness (QED) is 0.0329. The molecule has 11 rings (SSSR count). The first-order valence-corrected chi connectivity index (χ1v) is 30.7. The number of fused-ring (bicyclic) bond motifs is 10. The van der Waals surface area contributed by atoms with Crippen molar-refractivity contribution in [1.29, 1.82) is 0 Å². The largest absolute Gasteiger partial charge is 0.494 e. The van der Waals surface area contributed by atoms with Crippen LogP contribution >= 0.6 is 15.9 Å². The van der Waals surface area contributed by atoms with E-state index < -0.39 is 22.8 Å². The second-order valence-electron chi connectivity index (χ2n) is 23.6. The average Bonchev–Trinajstić information content (AvgIpc) is 1.54. The molecule has 0 N–H and O–H groups in total. The summed E-state index contributed by atoms with van der Waals surface area (Å²) in [6.07, 6.45) is 14.8. The molecule has 8 aromatic rings. The third kappa shape index (κ3) is 11.5. The van der Waals surface area contributed by atoms with Gasteiger partial charge < -0.3 is 18.9 Å². The number of benzene rings is 8. The van der Waals surface area contributed by atoms with Gasteiger partial charge in [-0.3, -0.25) is 4.79 Å². The van der Waals surface area contributed by atoms with Crippen LogP contribution in [0.3, 0.4) is 0 Å². The standard InChI is InChI=1S/C73H74BrF3O5/c1-6-8-11-15-48-21-23-49(24-22-48)50-25-27-51(28-26-50)52-29-36-56(37-30-52)80-44-13-10-12-18-65(78)81-64-17-14-16-59-67-61(46-63(74)68(59)64)66-58-40-35-55(73(75,76)77)45-62(58)71(4,5)69(66)60-41-42-72(82-70(60)67,53-31-19-47(3)20-32-53)54-33-38-57(39-34-54)79-43-9-7-2/h14,16-17,19-20,25-42,45-46,48-49H,6-13,15,18,21-24,43-44H2,1-5H3. The number of carbonyl (C=O) groups is 1. The van der Waals surface area contributed by atoms with Crippen molar-refractivity contribution < 1.29 is 36.9 Å². The number of hydrogen-bond donors (Lipinski definition) is 0. The summed E-state index contributed by atoms with van der Waals surface area (Å²) in [6, 6.07) is 45.7. The molecule has 1 atom stereocenters. The number of carbonyl (C=O) groups excluding carboxylic acids is 1. The van der Waals surface area contributed by atoms with Crippen molar-refractivity contribution >= 4 is 49.5 Å². The third-order valence-corrected chi connectivity index (χ3v) is 18.3. The third-order valence-electron chi connectivity index (χ3n) is 17.7. The van der Waals surface area contributed by atoms with Crippen LogP contribution in [-0.4, -0.2) is 19.2 Å². The first-order valence-electron chi connectivity index (χ1n) is 29.9. The lowest BCUT2D eigenvalue weighted by Crippen LogP contribution is -2.35. The van der Waals surface area contributed by atoms with Crippen LogP contribution in [0.5, 0.6) is 23.0 Å². The van der Waals surface area contributed by atoms with Crippen molar-refractivity contribution in [3.8, 4) is 45.3 Å². The van der Waals surface area contributed by atoms with Crippen LogP contribution in [0, 0.1) is 12.8 Å². The van der Waals surface area contributed by atoms with E-state index in [0.717, 1.165) is 98.2 Å². The van der Waals surface area contributed by atoms with Crippen molar-refractivity contribution in [2.24, 2.45) is 5.92 Å². The molecular weight excluding hydrogens is 1090 g/mol. The molecule has 0 radical (unpaired) electrons. The van der Waals surface area contributed by atoms with Gasteiger partial charge in [-0.15, -0.1) is 0 Å². The Balaban J connectivity index is 0.824. The number of halogens is 4. The van der Waals surface area contributed by atoms with Crippen LogP contribution in [0.25, 0.3) is 49.9 Å². The smallest absolute Gasteiger partial charge is 0.416 e. The molecule has 0 amide bonds. The molecule has 8 aromatic carbocycles. The zero-order chi connectivity index (χ0) is 57.2. The molecule has 9 heteroatoms. The van der Waals surface area contributed by atoms with Crippen LogP contribution in [0.4, 0.5) is 13.2 Å². The Morgan fingerprint density at radius 1 is 0.683 bits per heavy atom. The molecular formula is C73H74BrF3O5. The normalized spacial score (nSPS) is 18.0. The Bertz CT molecular complexity index is 3610. The summed E-state index contributed by atoms with van der Waals surface area (Å²) in [5, 5.41) is 3.02. The average molecular weight is 1170 g/mol. The molecule has 1 fully saturated rings. The van der Waals surface area contributed by atoms with Gasteiger partial charge in [-0.1, -0.05) is 162 Å². The maximum atomic E-state index is 14.5. The van der Waals surface area contributed by atoms with Gasteiger partial charge in [0.25, 0.3) is 0 Å². The summed E-state index contributed by atoms with van der Waals surface area (Å²) in [5.41, 5.74) is 7.89. The van der Waals surface area contributed by atoms with E-state index in [9.17, 15) is 18.0 Å². The van der Waals surface area contributed by atoms with Gasteiger partial charge in [0.2, 0.25) is 0 Å². The number of esters is 1. The van der Waals surface area contributed by atoms with Crippen LogP contribution in [0.2, 0.25) is 0 Å². The van der Waals surface area contributed by atoms with Gasteiger partial charge in [0.05, 0.1) is 18.8 Å². The summed E-state index contributed by atoms with van der Waals surface area (Å²) in [6.45, 7) is 11.6. The number of unbranched alkanes of at least 4 members (excludes halogenated alkanes) is 5. The monoisotopic (exact) mass is 1170 g/mol. The number of hydrogen-bond acceptors (Lipinski definition) is 5. The Morgan fingerprint density at radius 2 is 1.33 bits per heavy atom. The maximum absolute atomic E-state index is 14.5. The first-order chi connectivity index (χ1) is 39.7. The maximum Gasteiger partial charge on any atom is 0.416 e. The van der Waals surface area contributed by atoms with Crippen LogP contribution in [-0.2, 0) is 22.0 Å². The minimum atomic E-state index is -4.52. The van der Waals surface area contributed by atoms with Crippen molar-refractivity contribution in [2.75, 3.05) is 13.2 Å². The molecule has 0 aromatic heterocycles. The highest BCUT2D eigenvalue weighted by atomic mass is 79.9. The Kier molecular flexibility index (Phi) is 16.8. The van der Waals surface area contributed by atoms with E-state index in [1.807, 2.05) is 74.5 Å². The Morgan fingerprint density at radius 3 is 2.00 bits per heavy atom. The molecule has 0 bridgehead atoms. The zero-order valence-corrected chi connectivity index (χ0v) is 49.5. The van der Waals surface area contributed by atoms with Gasteiger partial charge in [0, 0.05) is 43.8 Å². The summed E-state index contributed by atoms with van der Waals surface area (Å²) in [4.78, 5) is 13.8. The van der Waals surface area contributed by atoms with Crippen molar-refractivity contribution in [3.05, 3.63) is 195 Å². The van der Waals surface area contributed by atoms with Gasteiger partial charge in [0.15, 0.2) is 5.60 Å². The van der Waals surface area contributed by atoms with E-state index in [1.165, 1.54) is 80.2 Å². The Labute approximate surface area is 490 Å². The minimum absolute atomic E-state index is 0.222. The summed E-state index contributed by atoms with van der Waals surface area (Å²) in [5.74, 6) is 3.81. The first kappa shape index (κ1) is 57.0. The molecule has 3 aliphatic rings.